The lowest BCUT2D eigenvalue weighted by molar-refractivity contribution is -0.380. The molecule has 0 saturated carbocycles. The third-order valence-corrected chi connectivity index (χ3v) is 4.90. The SMILES string of the molecule is CC(=O)Nc1cc(NCCOC(C)C(=O)O)ccc1C(=O)Nc1nc(C)c([N+](=O)[O-])s1. The van der Waals surface area contributed by atoms with E-state index in [1.807, 2.05) is 0 Å². The summed E-state index contributed by atoms with van der Waals surface area (Å²) >= 11 is 0.734. The Balaban J connectivity index is 2.12. The van der Waals surface area contributed by atoms with E-state index >= 15 is 0 Å². The molecule has 0 fully saturated rings. The first kappa shape index (κ1) is 23.7. The molecule has 0 spiro atoms. The summed E-state index contributed by atoms with van der Waals surface area (Å²) in [5.41, 5.74) is 1.10. The molecule has 1 atom stereocenters. The van der Waals surface area contributed by atoms with Crippen LogP contribution < -0.4 is 16.0 Å². The molecule has 0 aliphatic carbocycles. The van der Waals surface area contributed by atoms with Crippen molar-refractivity contribution in [1.29, 1.82) is 0 Å². The number of benzene rings is 1. The summed E-state index contributed by atoms with van der Waals surface area (Å²) in [6.07, 6.45) is -0.937. The van der Waals surface area contributed by atoms with E-state index in [-0.39, 0.29) is 33.7 Å². The van der Waals surface area contributed by atoms with E-state index in [0.717, 1.165) is 11.3 Å². The molecule has 13 heteroatoms. The van der Waals surface area contributed by atoms with E-state index in [9.17, 15) is 24.5 Å². The summed E-state index contributed by atoms with van der Waals surface area (Å²) in [5, 5.41) is 27.7. The highest BCUT2D eigenvalue weighted by molar-refractivity contribution is 7.19. The molecular weight excluding hydrogens is 430 g/mol. The quantitative estimate of drug-likeness (QED) is 0.240. The first-order chi connectivity index (χ1) is 14.6. The van der Waals surface area contributed by atoms with Crippen molar-refractivity contribution >= 4 is 50.6 Å². The Hall–Kier alpha value is -3.58. The van der Waals surface area contributed by atoms with Gasteiger partial charge in [0.05, 0.1) is 22.8 Å². The number of nitrogens with zero attached hydrogens (tertiary/aromatic N) is 2. The normalized spacial score (nSPS) is 11.5. The zero-order valence-electron chi connectivity index (χ0n) is 16.9. The Morgan fingerprint density at radius 2 is 2.03 bits per heavy atom. The third kappa shape index (κ3) is 6.72. The molecule has 0 aliphatic rings. The number of hydrogen-bond donors (Lipinski definition) is 4. The summed E-state index contributed by atoms with van der Waals surface area (Å²) in [5.74, 6) is -2.06. The number of anilines is 3. The monoisotopic (exact) mass is 451 g/mol. The average Bonchev–Trinajstić information content (AvgIpc) is 3.04. The first-order valence-electron chi connectivity index (χ1n) is 9.01. The van der Waals surface area contributed by atoms with Crippen LogP contribution in [0, 0.1) is 17.0 Å². The Labute approximate surface area is 180 Å². The Kier molecular flexibility index (Phi) is 7.99. The number of aliphatic carboxylic acids is 1. The number of thiazole rings is 1. The minimum Gasteiger partial charge on any atom is -0.479 e. The Morgan fingerprint density at radius 1 is 1.32 bits per heavy atom. The highest BCUT2D eigenvalue weighted by Gasteiger charge is 2.21. The van der Waals surface area contributed by atoms with Crippen molar-refractivity contribution in [2.75, 3.05) is 29.1 Å². The van der Waals surface area contributed by atoms with Crippen molar-refractivity contribution in [2.24, 2.45) is 0 Å². The number of nitro groups is 1. The summed E-state index contributed by atoms with van der Waals surface area (Å²) in [6.45, 7) is 4.60. The van der Waals surface area contributed by atoms with Gasteiger partial charge in [-0.3, -0.25) is 25.0 Å². The van der Waals surface area contributed by atoms with Crippen molar-refractivity contribution in [1.82, 2.24) is 4.98 Å². The van der Waals surface area contributed by atoms with Gasteiger partial charge in [0.1, 0.15) is 5.69 Å². The summed E-state index contributed by atoms with van der Waals surface area (Å²) in [6, 6.07) is 4.60. The molecule has 1 aromatic heterocycles. The fourth-order valence-corrected chi connectivity index (χ4v) is 3.20. The van der Waals surface area contributed by atoms with Gasteiger partial charge in [-0.1, -0.05) is 0 Å². The van der Waals surface area contributed by atoms with Crippen LogP contribution in [-0.4, -0.2) is 52.1 Å². The van der Waals surface area contributed by atoms with Gasteiger partial charge in [0.25, 0.3) is 5.91 Å². The van der Waals surface area contributed by atoms with E-state index in [1.54, 1.807) is 6.07 Å². The smallest absolute Gasteiger partial charge is 0.348 e. The van der Waals surface area contributed by atoms with E-state index in [4.69, 9.17) is 9.84 Å². The lowest BCUT2D eigenvalue weighted by Crippen LogP contribution is -2.23. The molecule has 12 nitrogen and oxygen atoms in total. The molecule has 1 heterocycles. The Morgan fingerprint density at radius 3 is 2.61 bits per heavy atom. The number of rotatable bonds is 10. The number of hydrogen-bond acceptors (Lipinski definition) is 9. The van der Waals surface area contributed by atoms with Gasteiger partial charge >= 0.3 is 11.0 Å². The van der Waals surface area contributed by atoms with Crippen LogP contribution in [0.2, 0.25) is 0 Å². The van der Waals surface area contributed by atoms with Crippen LogP contribution >= 0.6 is 11.3 Å². The van der Waals surface area contributed by atoms with Crippen molar-refractivity contribution in [2.45, 2.75) is 26.9 Å². The number of carboxylic acid groups (broad SMARTS) is 1. The fourth-order valence-electron chi connectivity index (χ4n) is 2.42. The van der Waals surface area contributed by atoms with Crippen LogP contribution in [0.25, 0.3) is 0 Å². The van der Waals surface area contributed by atoms with Crippen molar-refractivity contribution in [3.8, 4) is 0 Å². The van der Waals surface area contributed by atoms with E-state index in [2.05, 4.69) is 20.9 Å². The molecule has 0 radical (unpaired) electrons. The molecule has 2 aromatic rings. The highest BCUT2D eigenvalue weighted by atomic mass is 32.1. The van der Waals surface area contributed by atoms with Crippen molar-refractivity contribution in [3.05, 3.63) is 39.6 Å². The maximum absolute atomic E-state index is 12.7. The van der Waals surface area contributed by atoms with E-state index in [0.29, 0.717) is 12.2 Å². The van der Waals surface area contributed by atoms with Crippen LogP contribution in [0.15, 0.2) is 18.2 Å². The number of carbonyl (C=O) groups excluding carboxylic acids is 2. The second kappa shape index (κ2) is 10.4. The standard InChI is InChI=1S/C18H21N5O7S/c1-9-16(23(28)29)31-18(20-9)22-15(25)13-5-4-12(8-14(13)21-11(3)24)19-6-7-30-10(2)17(26)27/h4-5,8,10,19H,6-7H2,1-3H3,(H,21,24)(H,26,27)(H,20,22,25). The van der Waals surface area contributed by atoms with Gasteiger partial charge in [-0.05, 0) is 43.4 Å². The molecule has 166 valence electrons. The number of nitrogens with one attached hydrogen (secondary N) is 3. The van der Waals surface area contributed by atoms with E-state index in [1.165, 1.54) is 32.9 Å². The largest absolute Gasteiger partial charge is 0.479 e. The van der Waals surface area contributed by atoms with Crippen LogP contribution in [-0.2, 0) is 14.3 Å². The number of carbonyl (C=O) groups is 3. The number of ether oxygens (including phenoxy) is 1. The minimum absolute atomic E-state index is 0.0647. The second-order valence-electron chi connectivity index (χ2n) is 6.34. The van der Waals surface area contributed by atoms with Gasteiger partial charge in [-0.25, -0.2) is 9.78 Å². The number of aromatic nitrogens is 1. The third-order valence-electron chi connectivity index (χ3n) is 3.88. The molecule has 0 saturated heterocycles. The minimum atomic E-state index is -1.07. The molecule has 0 aliphatic heterocycles. The topological polar surface area (TPSA) is 173 Å². The fraction of sp³-hybridized carbons (Fsp3) is 0.333. The molecule has 1 aromatic carbocycles. The first-order valence-corrected chi connectivity index (χ1v) is 9.83. The molecule has 2 amide bonds. The Bertz CT molecular complexity index is 1010. The maximum atomic E-state index is 12.7. The van der Waals surface area contributed by atoms with Gasteiger partial charge in [0.15, 0.2) is 11.2 Å². The second-order valence-corrected chi connectivity index (χ2v) is 7.32. The van der Waals surface area contributed by atoms with Crippen LogP contribution in [0.5, 0.6) is 0 Å². The van der Waals surface area contributed by atoms with Crippen LogP contribution in [0.4, 0.5) is 21.5 Å². The lowest BCUT2D eigenvalue weighted by Gasteiger charge is -2.14. The predicted molar refractivity (Wildman–Crippen MR) is 114 cm³/mol. The van der Waals surface area contributed by atoms with Crippen LogP contribution in [0.1, 0.15) is 29.9 Å². The van der Waals surface area contributed by atoms with Gasteiger partial charge < -0.3 is 20.5 Å². The predicted octanol–water partition coefficient (Wildman–Crippen LogP) is 2.47. The van der Waals surface area contributed by atoms with Gasteiger partial charge in [0, 0.05) is 19.2 Å². The van der Waals surface area contributed by atoms with Crippen molar-refractivity contribution in [3.63, 3.8) is 0 Å². The molecule has 4 N–H and O–H groups in total. The molecule has 0 bridgehead atoms. The number of amides is 2. The zero-order chi connectivity index (χ0) is 23.1. The molecule has 2 rings (SSSR count). The molecular formula is C18H21N5O7S. The lowest BCUT2D eigenvalue weighted by atomic mass is 10.1. The zero-order valence-corrected chi connectivity index (χ0v) is 17.7. The van der Waals surface area contributed by atoms with Gasteiger partial charge in [-0.2, -0.15) is 0 Å². The van der Waals surface area contributed by atoms with Gasteiger partial charge in [-0.15, -0.1) is 0 Å². The van der Waals surface area contributed by atoms with Crippen molar-refractivity contribution < 1.29 is 29.2 Å². The summed E-state index contributed by atoms with van der Waals surface area (Å²) < 4.78 is 5.13. The summed E-state index contributed by atoms with van der Waals surface area (Å²) in [4.78, 5) is 49.3. The molecule has 31 heavy (non-hydrogen) atoms. The average molecular weight is 451 g/mol. The van der Waals surface area contributed by atoms with Crippen LogP contribution in [0.3, 0.4) is 0 Å². The summed E-state index contributed by atoms with van der Waals surface area (Å²) in [7, 11) is 0. The number of carboxylic acids is 1. The number of aryl methyl sites for hydroxylation is 1. The van der Waals surface area contributed by atoms with Gasteiger partial charge in [0.2, 0.25) is 5.91 Å². The molecule has 1 unspecified atom stereocenters. The van der Waals surface area contributed by atoms with E-state index < -0.39 is 28.8 Å². The highest BCUT2D eigenvalue weighted by Crippen LogP contribution is 2.30. The maximum Gasteiger partial charge on any atom is 0.348 e.